The monoisotopic (exact) mass is 660 g/mol. The summed E-state index contributed by atoms with van der Waals surface area (Å²) in [5.74, 6) is -0.489. The van der Waals surface area contributed by atoms with Crippen molar-refractivity contribution in [2.45, 2.75) is 70.5 Å². The van der Waals surface area contributed by atoms with Gasteiger partial charge in [-0.05, 0) is 79.6 Å². The fourth-order valence-corrected chi connectivity index (χ4v) is 7.90. The topological polar surface area (TPSA) is 116 Å². The minimum absolute atomic E-state index is 0.0120. The fraction of sp³-hybridized carbons (Fsp3) is 0.528. The summed E-state index contributed by atoms with van der Waals surface area (Å²) in [6.45, 7) is 7.90. The molecular formula is C36H42F2N6O4. The van der Waals surface area contributed by atoms with Crippen LogP contribution in [0.4, 0.5) is 14.6 Å². The summed E-state index contributed by atoms with van der Waals surface area (Å²) in [7, 11) is 0. The van der Waals surface area contributed by atoms with Crippen molar-refractivity contribution in [3.8, 4) is 28.9 Å². The van der Waals surface area contributed by atoms with Crippen LogP contribution in [-0.2, 0) is 6.42 Å². The number of aliphatic hydroxyl groups is 1. The Kier molecular flexibility index (Phi) is 8.00. The lowest BCUT2D eigenvalue weighted by atomic mass is 9.94. The van der Waals surface area contributed by atoms with Gasteiger partial charge < -0.3 is 29.9 Å². The van der Waals surface area contributed by atoms with Crippen LogP contribution in [-0.4, -0.2) is 94.2 Å². The van der Waals surface area contributed by atoms with Gasteiger partial charge in [-0.2, -0.15) is 9.97 Å². The summed E-state index contributed by atoms with van der Waals surface area (Å²) in [5, 5.41) is 25.6. The summed E-state index contributed by atoms with van der Waals surface area (Å²) in [4.78, 5) is 18.8. The number of benzene rings is 2. The Hall–Kier alpha value is -3.87. The number of likely N-dealkylation sites (tertiary alicyclic amines) is 1. The van der Waals surface area contributed by atoms with E-state index in [0.717, 1.165) is 45.2 Å². The lowest BCUT2D eigenvalue weighted by Crippen LogP contribution is -2.58. The predicted molar refractivity (Wildman–Crippen MR) is 179 cm³/mol. The van der Waals surface area contributed by atoms with E-state index in [2.05, 4.69) is 27.0 Å². The molecular weight excluding hydrogens is 618 g/mol. The van der Waals surface area contributed by atoms with Crippen LogP contribution in [0.5, 0.6) is 17.6 Å². The van der Waals surface area contributed by atoms with Gasteiger partial charge in [0.15, 0.2) is 5.82 Å². The number of aryl methyl sites for hydroxylation is 1. The van der Waals surface area contributed by atoms with E-state index in [4.69, 9.17) is 19.4 Å². The van der Waals surface area contributed by atoms with Gasteiger partial charge in [0, 0.05) is 42.7 Å². The lowest BCUT2D eigenvalue weighted by Gasteiger charge is -2.39. The third-order valence-corrected chi connectivity index (χ3v) is 10.9. The number of phenolic OH excluding ortho intramolecular Hbond substituents is 1. The maximum absolute atomic E-state index is 17.1. The molecule has 3 atom stereocenters. The van der Waals surface area contributed by atoms with E-state index in [1.807, 2.05) is 6.92 Å². The Morgan fingerprint density at radius 1 is 1.12 bits per heavy atom. The first-order valence-corrected chi connectivity index (χ1v) is 17.3. The molecule has 3 N–H and O–H groups in total. The summed E-state index contributed by atoms with van der Waals surface area (Å²) < 4.78 is 44.9. The Balaban J connectivity index is 1.26. The number of piperazine rings is 1. The van der Waals surface area contributed by atoms with Gasteiger partial charge >= 0.3 is 6.01 Å². The molecule has 2 saturated heterocycles. The Morgan fingerprint density at radius 3 is 2.75 bits per heavy atom. The predicted octanol–water partition coefficient (Wildman–Crippen LogP) is 4.96. The maximum Gasteiger partial charge on any atom is 0.319 e. The molecule has 1 saturated carbocycles. The van der Waals surface area contributed by atoms with Gasteiger partial charge in [-0.3, -0.25) is 4.90 Å². The van der Waals surface area contributed by atoms with Crippen LogP contribution in [0, 0.1) is 17.0 Å². The number of aromatic nitrogens is 3. The van der Waals surface area contributed by atoms with E-state index < -0.39 is 11.6 Å². The van der Waals surface area contributed by atoms with Gasteiger partial charge in [-0.15, -0.1) is 0 Å². The van der Waals surface area contributed by atoms with E-state index >= 15 is 8.78 Å². The van der Waals surface area contributed by atoms with Crippen LogP contribution in [0.15, 0.2) is 24.3 Å². The normalized spacial score (nSPS) is 23.3. The molecule has 4 aromatic rings. The van der Waals surface area contributed by atoms with Crippen molar-refractivity contribution in [2.75, 3.05) is 50.9 Å². The highest BCUT2D eigenvalue weighted by molar-refractivity contribution is 6.03. The number of anilines is 1. The largest absolute Gasteiger partial charge is 0.508 e. The Morgan fingerprint density at radius 2 is 1.98 bits per heavy atom. The van der Waals surface area contributed by atoms with Gasteiger partial charge in [-0.25, -0.2) is 13.8 Å². The number of fused-ring (bicyclic) bond motifs is 3. The van der Waals surface area contributed by atoms with E-state index in [-0.39, 0.29) is 64.6 Å². The van der Waals surface area contributed by atoms with Crippen LogP contribution < -0.4 is 19.7 Å². The number of pyridine rings is 1. The Bertz CT molecular complexity index is 1890. The van der Waals surface area contributed by atoms with Crippen molar-refractivity contribution >= 4 is 27.5 Å². The quantitative estimate of drug-likeness (QED) is 0.228. The molecule has 1 aliphatic carbocycles. The average Bonchev–Trinajstić information content (AvgIpc) is 3.76. The van der Waals surface area contributed by atoms with E-state index in [0.29, 0.717) is 60.3 Å². The van der Waals surface area contributed by atoms with Crippen molar-refractivity contribution in [2.24, 2.45) is 5.41 Å². The molecule has 5 heterocycles. The second kappa shape index (κ2) is 12.2. The SMILES string of the molecule is CCc1c(F)ccc2cc(O)cc(-c3nc4c5c(nc(OCC6(CN7CCC[C@@H]7CO)CC6)nc5c3F)N3CC(CC)NC[C@H]3CO4)c12. The van der Waals surface area contributed by atoms with Crippen molar-refractivity contribution in [3.05, 3.63) is 41.5 Å². The zero-order chi connectivity index (χ0) is 33.2. The summed E-state index contributed by atoms with van der Waals surface area (Å²) in [5.41, 5.74) is 0.540. The molecule has 0 radical (unpaired) electrons. The van der Waals surface area contributed by atoms with Crippen molar-refractivity contribution in [1.82, 2.24) is 25.2 Å². The first kappa shape index (κ1) is 31.4. The number of nitrogens with zero attached hydrogens (tertiary/aromatic N) is 5. The lowest BCUT2D eigenvalue weighted by molar-refractivity contribution is 0.113. The number of aliphatic hydroxyl groups excluding tert-OH is 1. The molecule has 2 aromatic carbocycles. The third kappa shape index (κ3) is 5.38. The Labute approximate surface area is 278 Å². The molecule has 0 spiro atoms. The smallest absolute Gasteiger partial charge is 0.319 e. The molecule has 3 fully saturated rings. The van der Waals surface area contributed by atoms with E-state index in [1.54, 1.807) is 12.1 Å². The number of halogens is 2. The molecule has 1 unspecified atom stereocenters. The van der Waals surface area contributed by atoms with Gasteiger partial charge in [0.2, 0.25) is 5.88 Å². The summed E-state index contributed by atoms with van der Waals surface area (Å²) in [6, 6.07) is 6.31. The van der Waals surface area contributed by atoms with Gasteiger partial charge in [0.05, 0.1) is 19.3 Å². The van der Waals surface area contributed by atoms with E-state index in [1.165, 1.54) is 12.1 Å². The van der Waals surface area contributed by atoms with Gasteiger partial charge in [-0.1, -0.05) is 19.9 Å². The maximum atomic E-state index is 17.1. The minimum Gasteiger partial charge on any atom is -0.508 e. The highest BCUT2D eigenvalue weighted by atomic mass is 19.1. The molecule has 254 valence electrons. The number of ether oxygens (including phenoxy) is 2. The first-order chi connectivity index (χ1) is 23.3. The van der Waals surface area contributed by atoms with Crippen LogP contribution in [0.1, 0.15) is 51.5 Å². The molecule has 12 heteroatoms. The minimum atomic E-state index is -0.714. The van der Waals surface area contributed by atoms with E-state index in [9.17, 15) is 10.2 Å². The highest BCUT2D eigenvalue weighted by Gasteiger charge is 2.47. The number of hydrogen-bond donors (Lipinski definition) is 3. The number of hydrogen-bond acceptors (Lipinski definition) is 10. The van der Waals surface area contributed by atoms with Crippen LogP contribution in [0.25, 0.3) is 32.9 Å². The highest BCUT2D eigenvalue weighted by Crippen LogP contribution is 2.48. The molecule has 0 amide bonds. The van der Waals surface area contributed by atoms with Crippen molar-refractivity contribution < 1.29 is 28.5 Å². The van der Waals surface area contributed by atoms with Crippen molar-refractivity contribution in [1.29, 1.82) is 0 Å². The molecule has 2 aromatic heterocycles. The number of aromatic hydroxyl groups is 1. The van der Waals surface area contributed by atoms with Crippen LogP contribution in [0.2, 0.25) is 0 Å². The second-order valence-electron chi connectivity index (χ2n) is 14.0. The molecule has 0 bridgehead atoms. The fourth-order valence-electron chi connectivity index (χ4n) is 7.90. The third-order valence-electron chi connectivity index (χ3n) is 10.9. The van der Waals surface area contributed by atoms with Crippen LogP contribution in [0.3, 0.4) is 0 Å². The molecule has 10 nitrogen and oxygen atoms in total. The number of phenols is 1. The summed E-state index contributed by atoms with van der Waals surface area (Å²) >= 11 is 0. The first-order valence-electron chi connectivity index (χ1n) is 17.3. The zero-order valence-corrected chi connectivity index (χ0v) is 27.4. The van der Waals surface area contributed by atoms with Gasteiger partial charge in [0.25, 0.3) is 0 Å². The number of nitrogens with one attached hydrogen (secondary N) is 1. The standard InChI is InChI=1S/C36H42F2N6O4/c1-3-21-15-44-23(14-39-21)17-47-34-29-32(30(38)31(40-34)26-13-24(46)12-20-7-8-27(37)25(4-2)28(20)26)41-35(42-33(29)44)48-19-36(9-10-36)18-43-11-5-6-22(43)16-45/h7-8,12-13,21-23,39,45-46H,3-6,9-11,14-19H2,1-2H3/t21?,22-,23+/m1/s1. The number of rotatable bonds is 9. The van der Waals surface area contributed by atoms with Crippen LogP contribution >= 0.6 is 0 Å². The molecule has 4 aliphatic rings. The second-order valence-corrected chi connectivity index (χ2v) is 14.0. The van der Waals surface area contributed by atoms with Crippen molar-refractivity contribution in [3.63, 3.8) is 0 Å². The van der Waals surface area contributed by atoms with Gasteiger partial charge in [0.1, 0.15) is 40.6 Å². The molecule has 8 rings (SSSR count). The molecule has 3 aliphatic heterocycles. The summed E-state index contributed by atoms with van der Waals surface area (Å²) in [6.07, 6.45) is 5.35. The average molecular weight is 661 g/mol. The zero-order valence-electron chi connectivity index (χ0n) is 27.4. The molecule has 48 heavy (non-hydrogen) atoms.